The second-order valence-electron chi connectivity index (χ2n) is 9.43. The Morgan fingerprint density at radius 3 is 2.36 bits per heavy atom. The molecule has 0 radical (unpaired) electrons. The Morgan fingerprint density at radius 2 is 1.67 bits per heavy atom. The third-order valence-electron chi connectivity index (χ3n) is 7.23. The molecule has 0 saturated carbocycles. The molecule has 0 aliphatic carbocycles. The van der Waals surface area contributed by atoms with Crippen LogP contribution in [0.5, 0.6) is 5.75 Å². The molecule has 8 heteroatoms. The van der Waals surface area contributed by atoms with Gasteiger partial charge in [-0.15, -0.1) is 0 Å². The van der Waals surface area contributed by atoms with E-state index in [4.69, 9.17) is 4.74 Å². The average molecular weight is 489 g/mol. The molecule has 2 saturated heterocycles. The Balaban J connectivity index is 1.41. The van der Waals surface area contributed by atoms with Crippen LogP contribution in [0.25, 0.3) is 22.5 Å². The van der Waals surface area contributed by atoms with E-state index in [2.05, 4.69) is 4.98 Å². The van der Waals surface area contributed by atoms with Gasteiger partial charge in [0.25, 0.3) is 0 Å². The Hall–Kier alpha value is -3.81. The SMILES string of the molecule is COc1ccc(-c2c(-c3ccccc3)[nH]c(=O)n2CCC(=O)N2CCC[C@H]2C(=O)N2CCCC2)cc1. The molecule has 0 spiro atoms. The van der Waals surface area contributed by atoms with Crippen molar-refractivity contribution in [3.8, 4) is 28.3 Å². The van der Waals surface area contributed by atoms with Gasteiger partial charge in [0.2, 0.25) is 11.8 Å². The number of benzene rings is 2. The summed E-state index contributed by atoms with van der Waals surface area (Å²) < 4.78 is 6.93. The summed E-state index contributed by atoms with van der Waals surface area (Å²) in [5.74, 6) is 0.713. The number of nitrogens with one attached hydrogen (secondary N) is 1. The molecular weight excluding hydrogens is 456 g/mol. The van der Waals surface area contributed by atoms with E-state index in [1.807, 2.05) is 59.5 Å². The molecule has 1 atom stereocenters. The van der Waals surface area contributed by atoms with Gasteiger partial charge in [0.1, 0.15) is 11.8 Å². The molecule has 0 bridgehead atoms. The number of aromatic amines is 1. The Morgan fingerprint density at radius 1 is 0.944 bits per heavy atom. The van der Waals surface area contributed by atoms with E-state index in [9.17, 15) is 14.4 Å². The summed E-state index contributed by atoms with van der Waals surface area (Å²) in [7, 11) is 1.61. The molecule has 0 unspecified atom stereocenters. The molecule has 5 rings (SSSR count). The summed E-state index contributed by atoms with van der Waals surface area (Å²) >= 11 is 0. The topological polar surface area (TPSA) is 87.6 Å². The molecule has 2 aliphatic heterocycles. The first-order valence-corrected chi connectivity index (χ1v) is 12.7. The second kappa shape index (κ2) is 10.4. The smallest absolute Gasteiger partial charge is 0.326 e. The summed E-state index contributed by atoms with van der Waals surface area (Å²) in [6.07, 6.45) is 3.75. The third kappa shape index (κ3) is 4.67. The molecule has 1 aromatic heterocycles. The molecule has 2 aromatic carbocycles. The van der Waals surface area contributed by atoms with Gasteiger partial charge in [0, 0.05) is 43.7 Å². The van der Waals surface area contributed by atoms with E-state index >= 15 is 0 Å². The Labute approximate surface area is 210 Å². The first kappa shape index (κ1) is 23.9. The van der Waals surface area contributed by atoms with Gasteiger partial charge in [-0.05, 0) is 49.9 Å². The number of ether oxygens (including phenoxy) is 1. The number of nitrogens with zero attached hydrogens (tertiary/aromatic N) is 3. The number of aromatic nitrogens is 2. The maximum atomic E-state index is 13.3. The second-order valence-corrected chi connectivity index (χ2v) is 9.43. The zero-order chi connectivity index (χ0) is 25.1. The monoisotopic (exact) mass is 488 g/mol. The number of rotatable bonds is 7. The van der Waals surface area contributed by atoms with Crippen LogP contribution in [-0.2, 0) is 16.1 Å². The van der Waals surface area contributed by atoms with Crippen LogP contribution in [0.1, 0.15) is 32.1 Å². The van der Waals surface area contributed by atoms with Gasteiger partial charge in [-0.3, -0.25) is 14.2 Å². The summed E-state index contributed by atoms with van der Waals surface area (Å²) in [4.78, 5) is 46.0. The van der Waals surface area contributed by atoms with Crippen molar-refractivity contribution in [1.82, 2.24) is 19.4 Å². The van der Waals surface area contributed by atoms with Crippen molar-refractivity contribution in [3.63, 3.8) is 0 Å². The number of likely N-dealkylation sites (tertiary alicyclic amines) is 2. The fraction of sp³-hybridized carbons (Fsp3) is 0.393. The molecule has 2 aliphatic rings. The lowest BCUT2D eigenvalue weighted by atomic mass is 10.0. The van der Waals surface area contributed by atoms with E-state index in [1.165, 1.54) is 0 Å². The van der Waals surface area contributed by atoms with Gasteiger partial charge in [0.15, 0.2) is 0 Å². The lowest BCUT2D eigenvalue weighted by molar-refractivity contribution is -0.143. The number of carbonyl (C=O) groups is 2. The average Bonchev–Trinajstić information content (AvgIpc) is 3.68. The molecular formula is C28H32N4O4. The first-order valence-electron chi connectivity index (χ1n) is 12.7. The lowest BCUT2D eigenvalue weighted by Gasteiger charge is -2.28. The summed E-state index contributed by atoms with van der Waals surface area (Å²) in [5, 5.41) is 0. The van der Waals surface area contributed by atoms with Crippen molar-refractivity contribution in [2.24, 2.45) is 0 Å². The zero-order valence-electron chi connectivity index (χ0n) is 20.6. The molecule has 3 aromatic rings. The highest BCUT2D eigenvalue weighted by atomic mass is 16.5. The molecule has 2 amide bonds. The number of hydrogen-bond acceptors (Lipinski definition) is 4. The van der Waals surface area contributed by atoms with Crippen LogP contribution in [0.15, 0.2) is 59.4 Å². The standard InChI is InChI=1S/C28H32N4O4/c1-36-22-13-11-21(12-14-22)26-25(20-8-3-2-4-9-20)29-28(35)32(26)19-15-24(33)31-18-7-10-23(31)27(34)30-16-5-6-17-30/h2-4,8-9,11-14,23H,5-7,10,15-19H2,1H3,(H,29,35)/t23-/m0/s1. The van der Waals surface area contributed by atoms with Crippen LogP contribution >= 0.6 is 0 Å². The predicted octanol–water partition coefficient (Wildman–Crippen LogP) is 3.52. The van der Waals surface area contributed by atoms with E-state index in [0.29, 0.717) is 18.7 Å². The Bertz CT molecular complexity index is 1270. The summed E-state index contributed by atoms with van der Waals surface area (Å²) in [6, 6.07) is 16.9. The lowest BCUT2D eigenvalue weighted by Crippen LogP contribution is -2.47. The van der Waals surface area contributed by atoms with Crippen molar-refractivity contribution >= 4 is 11.8 Å². The number of hydrogen-bond donors (Lipinski definition) is 1. The number of amides is 2. The fourth-order valence-corrected chi connectivity index (χ4v) is 5.37. The van der Waals surface area contributed by atoms with Crippen LogP contribution in [0, 0.1) is 0 Å². The minimum Gasteiger partial charge on any atom is -0.497 e. The van der Waals surface area contributed by atoms with E-state index in [0.717, 1.165) is 54.9 Å². The van der Waals surface area contributed by atoms with Crippen LogP contribution in [0.3, 0.4) is 0 Å². The largest absolute Gasteiger partial charge is 0.497 e. The maximum Gasteiger partial charge on any atom is 0.326 e. The zero-order valence-corrected chi connectivity index (χ0v) is 20.6. The normalized spacial score (nSPS) is 17.5. The first-order chi connectivity index (χ1) is 17.6. The molecule has 1 N–H and O–H groups in total. The maximum absolute atomic E-state index is 13.3. The highest BCUT2D eigenvalue weighted by molar-refractivity contribution is 5.88. The van der Waals surface area contributed by atoms with Crippen LogP contribution in [0.2, 0.25) is 0 Å². The molecule has 3 heterocycles. The predicted molar refractivity (Wildman–Crippen MR) is 138 cm³/mol. The minimum absolute atomic E-state index is 0.0717. The highest BCUT2D eigenvalue weighted by Crippen LogP contribution is 2.31. The van der Waals surface area contributed by atoms with Gasteiger partial charge in [0.05, 0.1) is 18.5 Å². The van der Waals surface area contributed by atoms with Crippen LogP contribution in [0.4, 0.5) is 0 Å². The number of carbonyl (C=O) groups excluding carboxylic acids is 2. The minimum atomic E-state index is -0.375. The molecule has 2 fully saturated rings. The van der Waals surface area contributed by atoms with Gasteiger partial charge in [-0.25, -0.2) is 4.79 Å². The number of imidazole rings is 1. The van der Waals surface area contributed by atoms with Gasteiger partial charge in [-0.2, -0.15) is 0 Å². The Kier molecular flexibility index (Phi) is 6.93. The van der Waals surface area contributed by atoms with Gasteiger partial charge >= 0.3 is 5.69 Å². The summed E-state index contributed by atoms with van der Waals surface area (Å²) in [6.45, 7) is 2.38. The van der Waals surface area contributed by atoms with Crippen molar-refractivity contribution in [2.75, 3.05) is 26.7 Å². The van der Waals surface area contributed by atoms with Gasteiger partial charge < -0.3 is 19.5 Å². The van der Waals surface area contributed by atoms with E-state index in [-0.39, 0.29) is 36.5 Å². The van der Waals surface area contributed by atoms with E-state index in [1.54, 1.807) is 16.6 Å². The van der Waals surface area contributed by atoms with Gasteiger partial charge in [-0.1, -0.05) is 30.3 Å². The molecule has 36 heavy (non-hydrogen) atoms. The van der Waals surface area contributed by atoms with E-state index < -0.39 is 0 Å². The molecule has 188 valence electrons. The quantitative estimate of drug-likeness (QED) is 0.551. The summed E-state index contributed by atoms with van der Waals surface area (Å²) in [5.41, 5.74) is 2.91. The third-order valence-corrected chi connectivity index (χ3v) is 7.23. The highest BCUT2D eigenvalue weighted by Gasteiger charge is 2.37. The van der Waals surface area contributed by atoms with Crippen molar-refractivity contribution < 1.29 is 14.3 Å². The molecule has 8 nitrogen and oxygen atoms in total. The van der Waals surface area contributed by atoms with Crippen molar-refractivity contribution in [3.05, 3.63) is 65.1 Å². The van der Waals surface area contributed by atoms with Crippen LogP contribution < -0.4 is 10.4 Å². The van der Waals surface area contributed by atoms with Crippen LogP contribution in [-0.4, -0.2) is 64.0 Å². The number of H-pyrrole nitrogens is 1. The van der Waals surface area contributed by atoms with Crippen molar-refractivity contribution in [2.45, 2.75) is 44.7 Å². The fourth-order valence-electron chi connectivity index (χ4n) is 5.37. The van der Waals surface area contributed by atoms with Crippen molar-refractivity contribution in [1.29, 1.82) is 0 Å². The number of methoxy groups -OCH3 is 1.